The lowest BCUT2D eigenvalue weighted by atomic mass is 10.1. The number of carbonyl (C=O) groups excluding carboxylic acids is 1. The quantitative estimate of drug-likeness (QED) is 0.537. The third-order valence-electron chi connectivity index (χ3n) is 4.17. The van der Waals surface area contributed by atoms with Crippen LogP contribution in [-0.2, 0) is 11.2 Å². The van der Waals surface area contributed by atoms with Gasteiger partial charge in [-0.25, -0.2) is 5.43 Å². The first-order chi connectivity index (χ1) is 12.6. The summed E-state index contributed by atoms with van der Waals surface area (Å²) in [6.45, 7) is 5.84. The summed E-state index contributed by atoms with van der Waals surface area (Å²) in [6, 6.07) is 13.6. The van der Waals surface area contributed by atoms with Gasteiger partial charge in [0.1, 0.15) is 17.1 Å². The Hall–Kier alpha value is -3.08. The largest absolute Gasteiger partial charge is 0.483 e. The molecule has 26 heavy (non-hydrogen) atoms. The summed E-state index contributed by atoms with van der Waals surface area (Å²) < 4.78 is 11.4. The maximum absolute atomic E-state index is 12.0. The van der Waals surface area contributed by atoms with Crippen LogP contribution in [0.3, 0.4) is 0 Å². The Morgan fingerprint density at radius 3 is 2.62 bits per heavy atom. The van der Waals surface area contributed by atoms with Crippen molar-refractivity contribution in [3.8, 4) is 5.75 Å². The van der Waals surface area contributed by atoms with Crippen LogP contribution in [0.1, 0.15) is 29.4 Å². The number of nitrogens with one attached hydrogen (secondary N) is 1. The normalized spacial score (nSPS) is 11.2. The molecule has 0 unspecified atom stereocenters. The lowest BCUT2D eigenvalue weighted by molar-refractivity contribution is -0.123. The second-order valence-corrected chi connectivity index (χ2v) is 6.09. The summed E-state index contributed by atoms with van der Waals surface area (Å²) in [5, 5.41) is 5.05. The molecule has 5 nitrogen and oxygen atoms in total. The van der Waals surface area contributed by atoms with Crippen LogP contribution >= 0.6 is 0 Å². The molecule has 1 heterocycles. The van der Waals surface area contributed by atoms with Gasteiger partial charge in [0.2, 0.25) is 0 Å². The van der Waals surface area contributed by atoms with Crippen molar-refractivity contribution in [3.63, 3.8) is 0 Å². The Morgan fingerprint density at radius 1 is 1.15 bits per heavy atom. The molecule has 1 aromatic heterocycles. The fourth-order valence-electron chi connectivity index (χ4n) is 2.89. The highest BCUT2D eigenvalue weighted by Gasteiger charge is 2.11. The molecule has 3 aromatic rings. The fraction of sp³-hybridized carbons (Fsp3) is 0.238. The summed E-state index contributed by atoms with van der Waals surface area (Å²) in [6.07, 6.45) is 2.38. The Bertz CT molecular complexity index is 937. The number of ether oxygens (including phenoxy) is 1. The third-order valence-corrected chi connectivity index (χ3v) is 4.17. The second-order valence-electron chi connectivity index (χ2n) is 6.09. The van der Waals surface area contributed by atoms with E-state index < -0.39 is 0 Å². The molecule has 0 spiro atoms. The maximum Gasteiger partial charge on any atom is 0.277 e. The van der Waals surface area contributed by atoms with Gasteiger partial charge in [0.15, 0.2) is 6.61 Å². The zero-order valence-electron chi connectivity index (χ0n) is 15.2. The molecule has 0 bridgehead atoms. The van der Waals surface area contributed by atoms with Crippen molar-refractivity contribution in [2.45, 2.75) is 27.2 Å². The third kappa shape index (κ3) is 3.77. The van der Waals surface area contributed by atoms with E-state index in [2.05, 4.69) is 10.5 Å². The monoisotopic (exact) mass is 350 g/mol. The minimum absolute atomic E-state index is 0.0875. The molecular formula is C21H22N2O3. The first-order valence-electron chi connectivity index (χ1n) is 8.61. The van der Waals surface area contributed by atoms with Crippen LogP contribution in [0, 0.1) is 13.8 Å². The average molecular weight is 350 g/mol. The van der Waals surface area contributed by atoms with E-state index in [9.17, 15) is 4.79 Å². The first kappa shape index (κ1) is 17.7. The van der Waals surface area contributed by atoms with Crippen molar-refractivity contribution in [2.24, 2.45) is 5.10 Å². The van der Waals surface area contributed by atoms with Crippen LogP contribution in [0.2, 0.25) is 0 Å². The first-order valence-corrected chi connectivity index (χ1v) is 8.61. The van der Waals surface area contributed by atoms with E-state index in [1.807, 2.05) is 63.2 Å². The molecule has 1 amide bonds. The molecule has 0 aliphatic heterocycles. The van der Waals surface area contributed by atoms with E-state index in [0.29, 0.717) is 0 Å². The van der Waals surface area contributed by atoms with Crippen molar-refractivity contribution in [1.29, 1.82) is 0 Å². The standard InChI is InChI=1S/C21H22N2O3/c1-4-18-17(16-10-5-6-11-19(16)26-18)12-22-23-20(24)13-25-21-14(2)8-7-9-15(21)3/h5-12H,4,13H2,1-3H3,(H,23,24)/b22-12-. The number of furan rings is 1. The minimum atomic E-state index is -0.310. The number of hydrogen-bond acceptors (Lipinski definition) is 4. The Morgan fingerprint density at radius 2 is 1.88 bits per heavy atom. The van der Waals surface area contributed by atoms with Crippen molar-refractivity contribution in [1.82, 2.24) is 5.43 Å². The number of hydrogen-bond donors (Lipinski definition) is 1. The number of rotatable bonds is 6. The summed E-state index contributed by atoms with van der Waals surface area (Å²) >= 11 is 0. The molecule has 5 heteroatoms. The fourth-order valence-corrected chi connectivity index (χ4v) is 2.89. The van der Waals surface area contributed by atoms with E-state index in [0.717, 1.165) is 45.6 Å². The molecule has 3 rings (SSSR count). The van der Waals surface area contributed by atoms with Gasteiger partial charge in [-0.05, 0) is 31.0 Å². The number of benzene rings is 2. The molecule has 134 valence electrons. The van der Waals surface area contributed by atoms with E-state index in [1.165, 1.54) is 0 Å². The molecule has 0 atom stereocenters. The minimum Gasteiger partial charge on any atom is -0.483 e. The van der Waals surface area contributed by atoms with Crippen LogP contribution in [0.25, 0.3) is 11.0 Å². The molecule has 0 saturated heterocycles. The zero-order chi connectivity index (χ0) is 18.5. The lowest BCUT2D eigenvalue weighted by Crippen LogP contribution is -2.25. The van der Waals surface area contributed by atoms with Gasteiger partial charge < -0.3 is 9.15 Å². The van der Waals surface area contributed by atoms with Crippen LogP contribution in [0.5, 0.6) is 5.75 Å². The molecule has 0 fully saturated rings. The van der Waals surface area contributed by atoms with Crippen molar-refractivity contribution in [2.75, 3.05) is 6.61 Å². The smallest absolute Gasteiger partial charge is 0.277 e. The molecule has 0 aliphatic rings. The summed E-state index contributed by atoms with van der Waals surface area (Å²) in [5.41, 5.74) is 6.21. The Kier molecular flexibility index (Phi) is 5.37. The van der Waals surface area contributed by atoms with Crippen LogP contribution < -0.4 is 10.2 Å². The highest BCUT2D eigenvalue weighted by atomic mass is 16.5. The van der Waals surface area contributed by atoms with Crippen molar-refractivity contribution < 1.29 is 13.9 Å². The van der Waals surface area contributed by atoms with Gasteiger partial charge >= 0.3 is 0 Å². The van der Waals surface area contributed by atoms with E-state index >= 15 is 0 Å². The summed E-state index contributed by atoms with van der Waals surface area (Å²) in [7, 11) is 0. The number of aryl methyl sites for hydroxylation is 3. The summed E-state index contributed by atoms with van der Waals surface area (Å²) in [5.74, 6) is 1.27. The van der Waals surface area contributed by atoms with E-state index in [4.69, 9.17) is 9.15 Å². The van der Waals surface area contributed by atoms with Crippen molar-refractivity contribution in [3.05, 3.63) is 64.9 Å². The van der Waals surface area contributed by atoms with Crippen LogP contribution in [-0.4, -0.2) is 18.7 Å². The highest BCUT2D eigenvalue weighted by molar-refractivity contribution is 5.99. The number of fused-ring (bicyclic) bond motifs is 1. The lowest BCUT2D eigenvalue weighted by Gasteiger charge is -2.10. The van der Waals surface area contributed by atoms with Gasteiger partial charge in [0.05, 0.1) is 6.21 Å². The average Bonchev–Trinajstić information content (AvgIpc) is 2.99. The molecule has 1 N–H and O–H groups in total. The number of hydrazone groups is 1. The van der Waals surface area contributed by atoms with Crippen LogP contribution in [0.15, 0.2) is 52.0 Å². The maximum atomic E-state index is 12.0. The highest BCUT2D eigenvalue weighted by Crippen LogP contribution is 2.25. The number of para-hydroxylation sites is 2. The number of nitrogens with zero attached hydrogens (tertiary/aromatic N) is 1. The zero-order valence-corrected chi connectivity index (χ0v) is 15.2. The molecule has 0 radical (unpaired) electrons. The molecular weight excluding hydrogens is 328 g/mol. The number of amides is 1. The van der Waals surface area contributed by atoms with Gasteiger partial charge in [0, 0.05) is 17.4 Å². The topological polar surface area (TPSA) is 63.8 Å². The van der Waals surface area contributed by atoms with Gasteiger partial charge in [-0.1, -0.05) is 43.3 Å². The van der Waals surface area contributed by atoms with Crippen LogP contribution in [0.4, 0.5) is 0 Å². The summed E-state index contributed by atoms with van der Waals surface area (Å²) in [4.78, 5) is 12.0. The Labute approximate surface area is 152 Å². The second kappa shape index (κ2) is 7.87. The predicted octanol–water partition coefficient (Wildman–Crippen LogP) is 4.14. The van der Waals surface area contributed by atoms with Gasteiger partial charge in [-0.3, -0.25) is 4.79 Å². The molecule has 0 saturated carbocycles. The van der Waals surface area contributed by atoms with E-state index in [-0.39, 0.29) is 12.5 Å². The van der Waals surface area contributed by atoms with Gasteiger partial charge in [-0.15, -0.1) is 0 Å². The Balaban J connectivity index is 1.65. The van der Waals surface area contributed by atoms with Gasteiger partial charge in [-0.2, -0.15) is 5.10 Å². The SMILES string of the molecule is CCc1oc2ccccc2c1/C=N\NC(=O)COc1c(C)cccc1C. The predicted molar refractivity (Wildman–Crippen MR) is 103 cm³/mol. The number of carbonyl (C=O) groups is 1. The van der Waals surface area contributed by atoms with Crippen molar-refractivity contribution >= 4 is 23.1 Å². The molecule has 2 aromatic carbocycles. The van der Waals surface area contributed by atoms with E-state index in [1.54, 1.807) is 6.21 Å². The van der Waals surface area contributed by atoms with Gasteiger partial charge in [0.25, 0.3) is 5.91 Å². The molecule has 0 aliphatic carbocycles.